The number of methoxy groups -OCH3 is 2. The van der Waals surface area contributed by atoms with E-state index in [0.29, 0.717) is 28.1 Å². The van der Waals surface area contributed by atoms with Gasteiger partial charge in [-0.25, -0.2) is 4.79 Å². The number of esters is 1. The molecule has 2 aromatic carbocycles. The number of hydrogen-bond acceptors (Lipinski definition) is 4. The van der Waals surface area contributed by atoms with Crippen LogP contribution < -0.4 is 9.47 Å². The maximum absolute atomic E-state index is 11.6. The van der Waals surface area contributed by atoms with Crippen LogP contribution in [0.15, 0.2) is 45.3 Å². The fourth-order valence-corrected chi connectivity index (χ4v) is 2.88. The van der Waals surface area contributed by atoms with Gasteiger partial charge in [0.25, 0.3) is 0 Å². The molecule has 0 amide bonds. The SMILES string of the molecule is COC(=O)c1cc(Br)c(OCc2cccc(Br)c2)c(OC)c1. The normalized spacial score (nSPS) is 10.2. The van der Waals surface area contributed by atoms with Crippen molar-refractivity contribution in [2.75, 3.05) is 14.2 Å². The van der Waals surface area contributed by atoms with Crippen molar-refractivity contribution in [1.29, 1.82) is 0 Å². The van der Waals surface area contributed by atoms with Gasteiger partial charge in [-0.3, -0.25) is 0 Å². The number of rotatable bonds is 5. The highest BCUT2D eigenvalue weighted by Gasteiger charge is 2.16. The van der Waals surface area contributed by atoms with E-state index in [1.807, 2.05) is 24.3 Å². The highest BCUT2D eigenvalue weighted by atomic mass is 79.9. The molecule has 0 fully saturated rings. The van der Waals surface area contributed by atoms with Gasteiger partial charge in [-0.05, 0) is 45.8 Å². The van der Waals surface area contributed by atoms with Crippen LogP contribution in [0, 0.1) is 0 Å². The number of carbonyl (C=O) groups excluding carboxylic acids is 1. The lowest BCUT2D eigenvalue weighted by molar-refractivity contribution is 0.0600. The fraction of sp³-hybridized carbons (Fsp3) is 0.188. The van der Waals surface area contributed by atoms with E-state index in [9.17, 15) is 4.79 Å². The first kappa shape index (κ1) is 16.8. The molecule has 116 valence electrons. The predicted molar refractivity (Wildman–Crippen MR) is 90.5 cm³/mol. The third-order valence-corrected chi connectivity index (χ3v) is 4.01. The molecule has 0 N–H and O–H groups in total. The van der Waals surface area contributed by atoms with Gasteiger partial charge >= 0.3 is 5.97 Å². The number of carbonyl (C=O) groups is 1. The molecular weight excluding hydrogens is 416 g/mol. The zero-order valence-corrected chi connectivity index (χ0v) is 15.2. The molecule has 0 radical (unpaired) electrons. The van der Waals surface area contributed by atoms with Gasteiger partial charge in [0.15, 0.2) is 11.5 Å². The highest BCUT2D eigenvalue weighted by molar-refractivity contribution is 9.10. The van der Waals surface area contributed by atoms with Crippen LogP contribution in [0.25, 0.3) is 0 Å². The van der Waals surface area contributed by atoms with Crippen molar-refractivity contribution < 1.29 is 19.0 Å². The molecule has 0 atom stereocenters. The van der Waals surface area contributed by atoms with Gasteiger partial charge < -0.3 is 14.2 Å². The van der Waals surface area contributed by atoms with Crippen molar-refractivity contribution in [1.82, 2.24) is 0 Å². The Morgan fingerprint density at radius 3 is 2.55 bits per heavy atom. The van der Waals surface area contributed by atoms with E-state index in [1.54, 1.807) is 12.1 Å². The Labute approximate surface area is 145 Å². The highest BCUT2D eigenvalue weighted by Crippen LogP contribution is 2.37. The van der Waals surface area contributed by atoms with Gasteiger partial charge in [0.2, 0.25) is 0 Å². The summed E-state index contributed by atoms with van der Waals surface area (Å²) in [6, 6.07) is 11.1. The van der Waals surface area contributed by atoms with Crippen molar-refractivity contribution in [3.63, 3.8) is 0 Å². The van der Waals surface area contributed by atoms with Crippen molar-refractivity contribution in [2.24, 2.45) is 0 Å². The Morgan fingerprint density at radius 2 is 1.91 bits per heavy atom. The predicted octanol–water partition coefficient (Wildman–Crippen LogP) is 4.59. The third kappa shape index (κ3) is 4.01. The lowest BCUT2D eigenvalue weighted by Crippen LogP contribution is -2.04. The van der Waals surface area contributed by atoms with Crippen LogP contribution in [0.4, 0.5) is 0 Å². The molecule has 0 saturated carbocycles. The Morgan fingerprint density at radius 1 is 1.14 bits per heavy atom. The Bertz CT molecular complexity index is 686. The fourth-order valence-electron chi connectivity index (χ4n) is 1.88. The first-order chi connectivity index (χ1) is 10.5. The van der Waals surface area contributed by atoms with Crippen LogP contribution in [0.2, 0.25) is 0 Å². The maximum atomic E-state index is 11.6. The van der Waals surface area contributed by atoms with Gasteiger partial charge in [-0.2, -0.15) is 0 Å². The first-order valence-corrected chi connectivity index (χ1v) is 7.97. The topological polar surface area (TPSA) is 44.8 Å². The molecule has 22 heavy (non-hydrogen) atoms. The minimum Gasteiger partial charge on any atom is -0.493 e. The lowest BCUT2D eigenvalue weighted by atomic mass is 10.2. The average molecular weight is 430 g/mol. The van der Waals surface area contributed by atoms with Crippen molar-refractivity contribution in [3.05, 3.63) is 56.5 Å². The van der Waals surface area contributed by atoms with Gasteiger partial charge in [-0.1, -0.05) is 28.1 Å². The maximum Gasteiger partial charge on any atom is 0.338 e. The van der Waals surface area contributed by atoms with Crippen molar-refractivity contribution in [2.45, 2.75) is 6.61 Å². The summed E-state index contributed by atoms with van der Waals surface area (Å²) < 4.78 is 17.5. The van der Waals surface area contributed by atoms with E-state index in [1.165, 1.54) is 14.2 Å². The minimum absolute atomic E-state index is 0.381. The Kier molecular flexibility index (Phi) is 5.85. The number of hydrogen-bond donors (Lipinski definition) is 0. The molecule has 0 unspecified atom stereocenters. The monoisotopic (exact) mass is 428 g/mol. The minimum atomic E-state index is -0.433. The van der Waals surface area contributed by atoms with Gasteiger partial charge in [-0.15, -0.1) is 0 Å². The summed E-state index contributed by atoms with van der Waals surface area (Å²) in [7, 11) is 2.86. The van der Waals surface area contributed by atoms with Crippen molar-refractivity contribution >= 4 is 37.8 Å². The van der Waals surface area contributed by atoms with Crippen molar-refractivity contribution in [3.8, 4) is 11.5 Å². The molecule has 0 saturated heterocycles. The van der Waals surface area contributed by atoms with E-state index < -0.39 is 5.97 Å². The van der Waals surface area contributed by atoms with Gasteiger partial charge in [0.05, 0.1) is 24.3 Å². The second kappa shape index (κ2) is 7.65. The molecule has 0 aliphatic heterocycles. The van der Waals surface area contributed by atoms with Gasteiger partial charge in [0, 0.05) is 4.47 Å². The number of halogens is 2. The summed E-state index contributed by atoms with van der Waals surface area (Å²) in [4.78, 5) is 11.6. The Hall–Kier alpha value is -1.53. The van der Waals surface area contributed by atoms with Gasteiger partial charge in [0.1, 0.15) is 6.61 Å². The molecule has 2 rings (SSSR count). The van der Waals surface area contributed by atoms with E-state index in [2.05, 4.69) is 31.9 Å². The number of benzene rings is 2. The van der Waals surface area contributed by atoms with Crippen LogP contribution in [0.5, 0.6) is 11.5 Å². The molecule has 0 aliphatic rings. The second-order valence-electron chi connectivity index (χ2n) is 4.40. The van der Waals surface area contributed by atoms with E-state index >= 15 is 0 Å². The molecule has 0 spiro atoms. The zero-order chi connectivity index (χ0) is 16.1. The summed E-state index contributed by atoms with van der Waals surface area (Å²) in [6.45, 7) is 0.381. The van der Waals surface area contributed by atoms with Crippen LogP contribution in [-0.2, 0) is 11.3 Å². The second-order valence-corrected chi connectivity index (χ2v) is 6.17. The molecule has 6 heteroatoms. The summed E-state index contributed by atoms with van der Waals surface area (Å²) in [5, 5.41) is 0. The molecule has 0 aromatic heterocycles. The molecule has 0 aliphatic carbocycles. The summed E-state index contributed by atoms with van der Waals surface area (Å²) >= 11 is 6.83. The van der Waals surface area contributed by atoms with Crippen LogP contribution >= 0.6 is 31.9 Å². The van der Waals surface area contributed by atoms with E-state index in [4.69, 9.17) is 14.2 Å². The molecule has 4 nitrogen and oxygen atoms in total. The molecule has 0 heterocycles. The third-order valence-electron chi connectivity index (χ3n) is 2.92. The lowest BCUT2D eigenvalue weighted by Gasteiger charge is -2.14. The number of ether oxygens (including phenoxy) is 3. The summed E-state index contributed by atoms with van der Waals surface area (Å²) in [5.74, 6) is 0.567. The van der Waals surface area contributed by atoms with Crippen LogP contribution in [0.3, 0.4) is 0 Å². The average Bonchev–Trinajstić information content (AvgIpc) is 2.52. The van der Waals surface area contributed by atoms with E-state index in [0.717, 1.165) is 10.0 Å². The summed E-state index contributed by atoms with van der Waals surface area (Å²) in [5.41, 5.74) is 1.40. The van der Waals surface area contributed by atoms with Crippen LogP contribution in [0.1, 0.15) is 15.9 Å². The largest absolute Gasteiger partial charge is 0.493 e. The molecule has 0 bridgehead atoms. The Balaban J connectivity index is 2.25. The van der Waals surface area contributed by atoms with Crippen LogP contribution in [-0.4, -0.2) is 20.2 Å². The first-order valence-electron chi connectivity index (χ1n) is 6.38. The zero-order valence-electron chi connectivity index (χ0n) is 12.1. The standard InChI is InChI=1S/C16H14Br2O4/c1-20-14-8-11(16(19)21-2)7-13(18)15(14)22-9-10-4-3-5-12(17)6-10/h3-8H,9H2,1-2H3. The molecule has 2 aromatic rings. The smallest absolute Gasteiger partial charge is 0.338 e. The molecular formula is C16H14Br2O4. The summed E-state index contributed by atoms with van der Waals surface area (Å²) in [6.07, 6.45) is 0. The van der Waals surface area contributed by atoms with E-state index in [-0.39, 0.29) is 0 Å². The quantitative estimate of drug-likeness (QED) is 0.652.